The van der Waals surface area contributed by atoms with Crippen LogP contribution in [0.15, 0.2) is 35.6 Å². The molecule has 2 heterocycles. The summed E-state index contributed by atoms with van der Waals surface area (Å²) in [6.45, 7) is 2.93. The van der Waals surface area contributed by atoms with E-state index in [1.165, 1.54) is 35.0 Å². The monoisotopic (exact) mass is 462 g/mol. The second-order valence-electron chi connectivity index (χ2n) is 7.51. The Morgan fingerprint density at radius 1 is 1.22 bits per heavy atom. The van der Waals surface area contributed by atoms with Crippen LogP contribution in [0.2, 0.25) is 0 Å². The molecular formula is C22H27FN4O4S. The molecule has 0 N–H and O–H groups in total. The van der Waals surface area contributed by atoms with Crippen LogP contribution in [0.4, 0.5) is 4.39 Å². The second-order valence-corrected chi connectivity index (χ2v) is 8.28. The van der Waals surface area contributed by atoms with Crippen molar-refractivity contribution >= 4 is 29.5 Å². The van der Waals surface area contributed by atoms with Crippen LogP contribution in [0, 0.1) is 11.7 Å². The van der Waals surface area contributed by atoms with E-state index in [1.807, 2.05) is 6.26 Å². The number of imidazole rings is 1. The van der Waals surface area contributed by atoms with Gasteiger partial charge in [-0.1, -0.05) is 11.8 Å². The summed E-state index contributed by atoms with van der Waals surface area (Å²) < 4.78 is 20.1. The van der Waals surface area contributed by atoms with Crippen LogP contribution in [0.25, 0.3) is 5.69 Å². The molecule has 0 atom stereocenters. The minimum Gasteiger partial charge on any atom is -0.466 e. The fourth-order valence-electron chi connectivity index (χ4n) is 3.66. The van der Waals surface area contributed by atoms with E-state index in [9.17, 15) is 18.8 Å². The van der Waals surface area contributed by atoms with E-state index in [4.69, 9.17) is 4.74 Å². The first-order valence-electron chi connectivity index (χ1n) is 10.4. The van der Waals surface area contributed by atoms with Crippen molar-refractivity contribution in [2.45, 2.75) is 24.9 Å². The number of benzene rings is 1. The molecule has 1 aromatic carbocycles. The average Bonchev–Trinajstić information content (AvgIpc) is 3.23. The highest BCUT2D eigenvalue weighted by Crippen LogP contribution is 2.23. The van der Waals surface area contributed by atoms with E-state index in [0.717, 1.165) is 0 Å². The van der Waals surface area contributed by atoms with Crippen LogP contribution >= 0.6 is 11.8 Å². The second kappa shape index (κ2) is 10.6. The summed E-state index contributed by atoms with van der Waals surface area (Å²) in [4.78, 5) is 45.1. The van der Waals surface area contributed by atoms with Gasteiger partial charge in [0.15, 0.2) is 5.16 Å². The number of hydrogen-bond donors (Lipinski definition) is 0. The molecule has 1 aliphatic heterocycles. The number of carbonyl (C=O) groups is 3. The third kappa shape index (κ3) is 5.29. The molecule has 1 fully saturated rings. The quantitative estimate of drug-likeness (QED) is 0.465. The molecule has 2 amide bonds. The SMILES string of the molecule is CCOC(=O)C1CCN(C(=O)CN(C)C(=O)c2cnc(SC)n2-c2ccc(F)cc2)CC1. The summed E-state index contributed by atoms with van der Waals surface area (Å²) in [5, 5.41) is 0.584. The van der Waals surface area contributed by atoms with Gasteiger partial charge in [0.1, 0.15) is 11.5 Å². The molecule has 0 radical (unpaired) electrons. The molecule has 172 valence electrons. The van der Waals surface area contributed by atoms with Gasteiger partial charge in [0.25, 0.3) is 5.91 Å². The minimum atomic E-state index is -0.373. The fraction of sp³-hybridized carbons (Fsp3) is 0.455. The molecule has 1 aliphatic rings. The zero-order valence-corrected chi connectivity index (χ0v) is 19.2. The highest BCUT2D eigenvalue weighted by molar-refractivity contribution is 7.98. The van der Waals surface area contributed by atoms with Crippen molar-refractivity contribution in [2.24, 2.45) is 5.92 Å². The van der Waals surface area contributed by atoms with E-state index in [2.05, 4.69) is 4.98 Å². The average molecular weight is 463 g/mol. The Kier molecular flexibility index (Phi) is 7.89. The molecule has 0 aliphatic carbocycles. The van der Waals surface area contributed by atoms with Crippen molar-refractivity contribution in [3.05, 3.63) is 42.0 Å². The third-order valence-corrected chi connectivity index (χ3v) is 6.06. The number of likely N-dealkylation sites (tertiary alicyclic amines) is 1. The maximum atomic E-state index is 13.4. The predicted octanol–water partition coefficient (Wildman–Crippen LogP) is 2.61. The van der Waals surface area contributed by atoms with Gasteiger partial charge in [0.05, 0.1) is 25.3 Å². The number of piperidine rings is 1. The normalized spacial score (nSPS) is 14.3. The molecule has 1 saturated heterocycles. The van der Waals surface area contributed by atoms with Crippen LogP contribution in [0.1, 0.15) is 30.3 Å². The van der Waals surface area contributed by atoms with Gasteiger partial charge in [-0.05, 0) is 50.3 Å². The summed E-state index contributed by atoms with van der Waals surface area (Å²) in [7, 11) is 1.56. The first-order valence-corrected chi connectivity index (χ1v) is 11.7. The lowest BCUT2D eigenvalue weighted by Crippen LogP contribution is -2.45. The topological polar surface area (TPSA) is 84.7 Å². The highest BCUT2D eigenvalue weighted by atomic mass is 32.2. The standard InChI is InChI=1S/C22H27FN4O4S/c1-4-31-21(30)15-9-11-26(12-10-15)19(28)14-25(2)20(29)18-13-24-22(32-3)27(18)17-7-5-16(23)6-8-17/h5-8,13,15H,4,9-12,14H2,1-3H3. The number of esters is 1. The number of thioether (sulfide) groups is 1. The molecule has 8 nitrogen and oxygen atoms in total. The van der Waals surface area contributed by atoms with Crippen molar-refractivity contribution in [2.75, 3.05) is 39.5 Å². The van der Waals surface area contributed by atoms with Gasteiger partial charge in [0, 0.05) is 25.8 Å². The number of likely N-dealkylation sites (N-methyl/N-ethyl adjacent to an activating group) is 1. The summed E-state index contributed by atoms with van der Waals surface area (Å²) in [6.07, 6.45) is 4.40. The lowest BCUT2D eigenvalue weighted by atomic mass is 9.97. The first kappa shape index (κ1) is 23.8. The fourth-order valence-corrected chi connectivity index (χ4v) is 4.21. The van der Waals surface area contributed by atoms with Gasteiger partial charge >= 0.3 is 5.97 Å². The van der Waals surface area contributed by atoms with Crippen LogP contribution in [-0.4, -0.2) is 76.7 Å². The molecule has 0 bridgehead atoms. The largest absolute Gasteiger partial charge is 0.466 e. The highest BCUT2D eigenvalue weighted by Gasteiger charge is 2.29. The van der Waals surface area contributed by atoms with Crippen molar-refractivity contribution in [1.82, 2.24) is 19.4 Å². The summed E-state index contributed by atoms with van der Waals surface area (Å²) in [5.41, 5.74) is 0.898. The Hall–Kier alpha value is -2.88. The predicted molar refractivity (Wildman–Crippen MR) is 118 cm³/mol. The van der Waals surface area contributed by atoms with Gasteiger partial charge < -0.3 is 14.5 Å². The Morgan fingerprint density at radius 3 is 2.47 bits per heavy atom. The van der Waals surface area contributed by atoms with Gasteiger partial charge in [-0.25, -0.2) is 9.37 Å². The summed E-state index contributed by atoms with van der Waals surface area (Å²) >= 11 is 1.36. The van der Waals surface area contributed by atoms with Crippen molar-refractivity contribution in [3.63, 3.8) is 0 Å². The van der Waals surface area contributed by atoms with Gasteiger partial charge in [-0.3, -0.25) is 19.0 Å². The van der Waals surface area contributed by atoms with Crippen LogP contribution in [0.5, 0.6) is 0 Å². The van der Waals surface area contributed by atoms with E-state index >= 15 is 0 Å². The number of rotatable bonds is 7. The number of aromatic nitrogens is 2. The summed E-state index contributed by atoms with van der Waals surface area (Å²) in [6, 6.07) is 5.79. The molecule has 10 heteroatoms. The molecule has 32 heavy (non-hydrogen) atoms. The van der Waals surface area contributed by atoms with Crippen LogP contribution in [0.3, 0.4) is 0 Å². The molecule has 1 aromatic heterocycles. The van der Waals surface area contributed by atoms with Crippen molar-refractivity contribution < 1.29 is 23.5 Å². The number of ether oxygens (including phenoxy) is 1. The van der Waals surface area contributed by atoms with Crippen molar-refractivity contribution in [3.8, 4) is 5.69 Å². The zero-order valence-electron chi connectivity index (χ0n) is 18.4. The Balaban J connectivity index is 1.66. The maximum absolute atomic E-state index is 13.4. The number of amides is 2. The summed E-state index contributed by atoms with van der Waals surface area (Å²) in [5.74, 6) is -1.32. The molecule has 3 rings (SSSR count). The first-order chi connectivity index (χ1) is 15.3. The lowest BCUT2D eigenvalue weighted by Gasteiger charge is -2.32. The number of halogens is 1. The maximum Gasteiger partial charge on any atom is 0.309 e. The van der Waals surface area contributed by atoms with E-state index < -0.39 is 0 Å². The smallest absolute Gasteiger partial charge is 0.309 e. The van der Waals surface area contributed by atoms with Gasteiger partial charge in [0.2, 0.25) is 5.91 Å². The number of carbonyl (C=O) groups excluding carboxylic acids is 3. The molecule has 0 saturated carbocycles. The third-order valence-electron chi connectivity index (χ3n) is 5.40. The zero-order chi connectivity index (χ0) is 23.3. The van der Waals surface area contributed by atoms with Gasteiger partial charge in [-0.2, -0.15) is 0 Å². The Morgan fingerprint density at radius 2 is 1.88 bits per heavy atom. The molecule has 0 unspecified atom stereocenters. The molecule has 0 spiro atoms. The lowest BCUT2D eigenvalue weighted by molar-refractivity contribution is -0.151. The van der Waals surface area contributed by atoms with E-state index in [1.54, 1.807) is 35.6 Å². The molecule has 2 aromatic rings. The van der Waals surface area contributed by atoms with Gasteiger partial charge in [-0.15, -0.1) is 0 Å². The number of nitrogens with zero attached hydrogens (tertiary/aromatic N) is 4. The number of hydrogen-bond acceptors (Lipinski definition) is 6. The minimum absolute atomic E-state index is 0.0912. The Bertz CT molecular complexity index is 971. The van der Waals surface area contributed by atoms with Crippen molar-refractivity contribution in [1.29, 1.82) is 0 Å². The van der Waals surface area contributed by atoms with E-state index in [-0.39, 0.29) is 41.8 Å². The Labute approximate surface area is 190 Å². The van der Waals surface area contributed by atoms with Crippen LogP contribution < -0.4 is 0 Å². The van der Waals surface area contributed by atoms with E-state index in [0.29, 0.717) is 43.4 Å². The van der Waals surface area contributed by atoms with Crippen LogP contribution in [-0.2, 0) is 14.3 Å². The molecular weight excluding hydrogens is 435 g/mol.